The lowest BCUT2D eigenvalue weighted by molar-refractivity contribution is -0.137. The maximum absolute atomic E-state index is 12.6. The standard InChI is InChI=1S/C20H17F3N2O2/c1-14(25-19(27)16-9-3-2-4-10-16)18(26)24-12-6-8-15-7-5-11-17(13-15)20(21,22)23/h2-5,7,9-11,13-14H,12H2,1H3,(H,24,26)(H,25,27). The van der Waals surface area contributed by atoms with Crippen LogP contribution in [0.2, 0.25) is 0 Å². The highest BCUT2D eigenvalue weighted by molar-refractivity contribution is 5.97. The summed E-state index contributed by atoms with van der Waals surface area (Å²) in [5.74, 6) is 4.33. The number of nitrogens with one attached hydrogen (secondary N) is 2. The van der Waals surface area contributed by atoms with Gasteiger partial charge >= 0.3 is 6.18 Å². The molecular formula is C20H17F3N2O2. The van der Waals surface area contributed by atoms with E-state index >= 15 is 0 Å². The second-order valence-corrected chi connectivity index (χ2v) is 5.66. The quantitative estimate of drug-likeness (QED) is 0.809. The van der Waals surface area contributed by atoms with Crippen LogP contribution >= 0.6 is 0 Å². The van der Waals surface area contributed by atoms with E-state index in [-0.39, 0.29) is 18.0 Å². The number of hydrogen-bond donors (Lipinski definition) is 2. The Hall–Kier alpha value is -3.27. The molecule has 2 aromatic rings. The van der Waals surface area contributed by atoms with Gasteiger partial charge in [-0.25, -0.2) is 0 Å². The number of benzene rings is 2. The Kier molecular flexibility index (Phi) is 6.61. The summed E-state index contributed by atoms with van der Waals surface area (Å²) in [6, 6.07) is 12.3. The zero-order chi connectivity index (χ0) is 19.9. The summed E-state index contributed by atoms with van der Waals surface area (Å²) in [6.45, 7) is 1.47. The molecule has 0 aromatic heterocycles. The normalized spacial score (nSPS) is 11.7. The first kappa shape index (κ1) is 20.0. The second kappa shape index (κ2) is 8.90. The number of rotatable bonds is 4. The third-order valence-corrected chi connectivity index (χ3v) is 3.55. The summed E-state index contributed by atoms with van der Waals surface area (Å²) in [4.78, 5) is 23.9. The van der Waals surface area contributed by atoms with Crippen LogP contribution in [0.5, 0.6) is 0 Å². The van der Waals surface area contributed by atoms with E-state index in [1.807, 2.05) is 0 Å². The Morgan fingerprint density at radius 2 is 1.78 bits per heavy atom. The van der Waals surface area contributed by atoms with Gasteiger partial charge in [0.2, 0.25) is 5.91 Å². The molecule has 0 fully saturated rings. The van der Waals surface area contributed by atoms with Crippen LogP contribution in [0.15, 0.2) is 54.6 Å². The fourth-order valence-electron chi connectivity index (χ4n) is 2.14. The van der Waals surface area contributed by atoms with Crippen molar-refractivity contribution in [2.45, 2.75) is 19.1 Å². The molecule has 140 valence electrons. The smallest absolute Gasteiger partial charge is 0.343 e. The van der Waals surface area contributed by atoms with Crippen LogP contribution in [0.1, 0.15) is 28.4 Å². The Balaban J connectivity index is 1.86. The molecule has 0 heterocycles. The van der Waals surface area contributed by atoms with Gasteiger partial charge in [-0.05, 0) is 37.3 Å². The zero-order valence-corrected chi connectivity index (χ0v) is 14.4. The summed E-state index contributed by atoms with van der Waals surface area (Å²) in [5.41, 5.74) is -0.151. The minimum atomic E-state index is -4.43. The molecule has 2 amide bonds. The van der Waals surface area contributed by atoms with E-state index in [0.29, 0.717) is 5.56 Å². The Morgan fingerprint density at radius 1 is 1.07 bits per heavy atom. The monoisotopic (exact) mass is 374 g/mol. The van der Waals surface area contributed by atoms with Crippen molar-refractivity contribution in [1.29, 1.82) is 0 Å². The van der Waals surface area contributed by atoms with Gasteiger partial charge in [-0.3, -0.25) is 9.59 Å². The molecule has 0 bridgehead atoms. The SMILES string of the molecule is CC(NC(=O)c1ccccc1)C(=O)NCC#Cc1cccc(C(F)(F)F)c1. The third-order valence-electron chi connectivity index (χ3n) is 3.55. The van der Waals surface area contributed by atoms with E-state index in [0.717, 1.165) is 12.1 Å². The molecule has 0 spiro atoms. The van der Waals surface area contributed by atoms with Gasteiger partial charge in [-0.15, -0.1) is 0 Å². The molecule has 0 radical (unpaired) electrons. The maximum atomic E-state index is 12.6. The molecule has 0 aliphatic carbocycles. The lowest BCUT2D eigenvalue weighted by Gasteiger charge is -2.13. The number of halogens is 3. The topological polar surface area (TPSA) is 58.2 Å². The van der Waals surface area contributed by atoms with Crippen molar-refractivity contribution in [2.75, 3.05) is 6.54 Å². The van der Waals surface area contributed by atoms with Gasteiger partial charge in [0.15, 0.2) is 0 Å². The molecule has 7 heteroatoms. The number of amides is 2. The van der Waals surface area contributed by atoms with Gasteiger partial charge in [-0.2, -0.15) is 13.2 Å². The summed E-state index contributed by atoms with van der Waals surface area (Å²) in [6.07, 6.45) is -4.43. The average Bonchev–Trinajstić information content (AvgIpc) is 2.65. The van der Waals surface area contributed by atoms with Crippen LogP contribution in [0, 0.1) is 11.8 Å². The molecule has 2 aromatic carbocycles. The van der Waals surface area contributed by atoms with Crippen LogP contribution in [0.4, 0.5) is 13.2 Å². The van der Waals surface area contributed by atoms with Crippen molar-refractivity contribution < 1.29 is 22.8 Å². The zero-order valence-electron chi connectivity index (χ0n) is 14.4. The molecule has 0 aliphatic heterocycles. The fraction of sp³-hybridized carbons (Fsp3) is 0.200. The van der Waals surface area contributed by atoms with Gasteiger partial charge in [0.1, 0.15) is 6.04 Å². The molecule has 2 rings (SSSR count). The van der Waals surface area contributed by atoms with Crippen LogP contribution in [-0.4, -0.2) is 24.4 Å². The third kappa shape index (κ3) is 6.19. The summed E-state index contributed by atoms with van der Waals surface area (Å²) in [5, 5.41) is 5.06. The Labute approximate surface area is 154 Å². The van der Waals surface area contributed by atoms with Crippen molar-refractivity contribution >= 4 is 11.8 Å². The van der Waals surface area contributed by atoms with Crippen LogP contribution in [0.25, 0.3) is 0 Å². The van der Waals surface area contributed by atoms with Crippen molar-refractivity contribution in [3.05, 3.63) is 71.3 Å². The number of alkyl halides is 3. The number of hydrogen-bond acceptors (Lipinski definition) is 2. The van der Waals surface area contributed by atoms with E-state index in [4.69, 9.17) is 0 Å². The lowest BCUT2D eigenvalue weighted by atomic mass is 10.1. The highest BCUT2D eigenvalue weighted by Gasteiger charge is 2.30. The first-order valence-corrected chi connectivity index (χ1v) is 8.07. The predicted molar refractivity (Wildman–Crippen MR) is 94.7 cm³/mol. The fourth-order valence-corrected chi connectivity index (χ4v) is 2.14. The first-order valence-electron chi connectivity index (χ1n) is 8.07. The van der Waals surface area contributed by atoms with Gasteiger partial charge in [0.25, 0.3) is 5.91 Å². The Bertz CT molecular complexity index is 868. The highest BCUT2D eigenvalue weighted by Crippen LogP contribution is 2.29. The van der Waals surface area contributed by atoms with E-state index in [9.17, 15) is 22.8 Å². The number of carbonyl (C=O) groups is 2. The predicted octanol–water partition coefficient (Wildman–Crippen LogP) is 2.99. The average molecular weight is 374 g/mol. The van der Waals surface area contributed by atoms with E-state index in [2.05, 4.69) is 22.5 Å². The molecule has 1 atom stereocenters. The minimum absolute atomic E-state index is 0.0549. The Morgan fingerprint density at radius 3 is 2.44 bits per heavy atom. The van der Waals surface area contributed by atoms with Gasteiger partial charge in [-0.1, -0.05) is 36.1 Å². The lowest BCUT2D eigenvalue weighted by Crippen LogP contribution is -2.44. The van der Waals surface area contributed by atoms with Crippen molar-refractivity contribution in [3.8, 4) is 11.8 Å². The van der Waals surface area contributed by atoms with Crippen LogP contribution in [-0.2, 0) is 11.0 Å². The van der Waals surface area contributed by atoms with Gasteiger partial charge in [0, 0.05) is 11.1 Å². The van der Waals surface area contributed by atoms with E-state index in [1.165, 1.54) is 19.1 Å². The second-order valence-electron chi connectivity index (χ2n) is 5.66. The van der Waals surface area contributed by atoms with Crippen LogP contribution in [0.3, 0.4) is 0 Å². The van der Waals surface area contributed by atoms with E-state index in [1.54, 1.807) is 30.3 Å². The summed E-state index contributed by atoms with van der Waals surface area (Å²) >= 11 is 0. The molecule has 0 saturated carbocycles. The summed E-state index contributed by atoms with van der Waals surface area (Å²) < 4.78 is 37.9. The highest BCUT2D eigenvalue weighted by atomic mass is 19.4. The largest absolute Gasteiger partial charge is 0.416 e. The van der Waals surface area contributed by atoms with Crippen molar-refractivity contribution in [1.82, 2.24) is 10.6 Å². The molecule has 1 unspecified atom stereocenters. The van der Waals surface area contributed by atoms with Crippen molar-refractivity contribution in [2.24, 2.45) is 0 Å². The molecule has 27 heavy (non-hydrogen) atoms. The maximum Gasteiger partial charge on any atom is 0.416 e. The minimum Gasteiger partial charge on any atom is -0.343 e. The molecule has 0 aliphatic rings. The molecular weight excluding hydrogens is 357 g/mol. The summed E-state index contributed by atoms with van der Waals surface area (Å²) in [7, 11) is 0. The van der Waals surface area contributed by atoms with Gasteiger partial charge < -0.3 is 10.6 Å². The van der Waals surface area contributed by atoms with Crippen LogP contribution < -0.4 is 10.6 Å². The molecule has 0 saturated heterocycles. The van der Waals surface area contributed by atoms with Gasteiger partial charge in [0.05, 0.1) is 12.1 Å². The molecule has 4 nitrogen and oxygen atoms in total. The molecule has 2 N–H and O–H groups in total. The first-order chi connectivity index (χ1) is 12.8. The number of carbonyl (C=O) groups excluding carboxylic acids is 2. The van der Waals surface area contributed by atoms with Crippen molar-refractivity contribution in [3.63, 3.8) is 0 Å². The van der Waals surface area contributed by atoms with E-state index < -0.39 is 23.7 Å².